The van der Waals surface area contributed by atoms with Crippen molar-refractivity contribution in [1.82, 2.24) is 14.9 Å². The molecule has 0 aromatic rings. The molecule has 2 N–H and O–H groups in total. The van der Waals surface area contributed by atoms with Gasteiger partial charge in [0, 0.05) is 39.1 Å². The molecule has 0 saturated carbocycles. The largest absolute Gasteiger partial charge is 0.343 e. The van der Waals surface area contributed by atoms with Gasteiger partial charge < -0.3 is 10.2 Å². The zero-order chi connectivity index (χ0) is 12.9. The monoisotopic (exact) mass is 263 g/mol. The van der Waals surface area contributed by atoms with E-state index < -0.39 is 10.0 Å². The van der Waals surface area contributed by atoms with Gasteiger partial charge in [0.15, 0.2) is 0 Å². The molecule has 6 nitrogen and oxygen atoms in total. The van der Waals surface area contributed by atoms with E-state index in [-0.39, 0.29) is 5.91 Å². The molecule has 1 amide bonds. The molecule has 1 aliphatic rings. The van der Waals surface area contributed by atoms with Crippen LogP contribution in [-0.4, -0.2) is 57.7 Å². The van der Waals surface area contributed by atoms with Crippen molar-refractivity contribution in [2.24, 2.45) is 0 Å². The van der Waals surface area contributed by atoms with E-state index in [4.69, 9.17) is 0 Å². The number of nitrogens with one attached hydrogen (secondary N) is 2. The van der Waals surface area contributed by atoms with Gasteiger partial charge in [0.05, 0.1) is 6.26 Å². The van der Waals surface area contributed by atoms with Crippen molar-refractivity contribution < 1.29 is 13.2 Å². The molecule has 0 unspecified atom stereocenters. The summed E-state index contributed by atoms with van der Waals surface area (Å²) in [5, 5.41) is 3.29. The van der Waals surface area contributed by atoms with Crippen molar-refractivity contribution in [3.63, 3.8) is 0 Å². The molecule has 7 heteroatoms. The minimum Gasteiger partial charge on any atom is -0.343 e. The maximum Gasteiger partial charge on any atom is 0.219 e. The number of hydrogen-bond donors (Lipinski definition) is 2. The first kappa shape index (κ1) is 14.4. The topological polar surface area (TPSA) is 78.5 Å². The summed E-state index contributed by atoms with van der Waals surface area (Å²) < 4.78 is 24.1. The summed E-state index contributed by atoms with van der Waals surface area (Å²) in [5.41, 5.74) is 0. The quantitative estimate of drug-likeness (QED) is 0.633. The van der Waals surface area contributed by atoms with Gasteiger partial charge in [0.2, 0.25) is 15.9 Å². The molecular formula is C10H21N3O3S. The molecule has 0 aliphatic carbocycles. The Morgan fingerprint density at radius 3 is 2.35 bits per heavy atom. The molecule has 0 bridgehead atoms. The zero-order valence-corrected chi connectivity index (χ0v) is 11.2. The maximum atomic E-state index is 11.1. The summed E-state index contributed by atoms with van der Waals surface area (Å²) in [6.07, 6.45) is 3.01. The Bertz CT molecular complexity index is 348. The summed E-state index contributed by atoms with van der Waals surface area (Å²) in [4.78, 5) is 12.9. The van der Waals surface area contributed by atoms with Gasteiger partial charge in [-0.3, -0.25) is 4.79 Å². The molecular weight excluding hydrogens is 242 g/mol. The van der Waals surface area contributed by atoms with Crippen molar-refractivity contribution in [2.75, 3.05) is 32.4 Å². The molecule has 0 aromatic heterocycles. The number of carbonyl (C=O) groups excluding carboxylic acids is 1. The van der Waals surface area contributed by atoms with Gasteiger partial charge in [-0.05, 0) is 12.8 Å². The first-order valence-electron chi connectivity index (χ1n) is 5.82. The second-order valence-corrected chi connectivity index (χ2v) is 6.23. The second kappa shape index (κ2) is 6.32. The Labute approximate surface area is 103 Å². The molecule has 0 radical (unpaired) electrons. The lowest BCUT2D eigenvalue weighted by molar-refractivity contribution is -0.129. The van der Waals surface area contributed by atoms with Gasteiger partial charge in [-0.15, -0.1) is 0 Å². The highest BCUT2D eigenvalue weighted by Crippen LogP contribution is 2.09. The first-order valence-corrected chi connectivity index (χ1v) is 7.71. The second-order valence-electron chi connectivity index (χ2n) is 4.40. The van der Waals surface area contributed by atoms with Gasteiger partial charge in [-0.25, -0.2) is 13.1 Å². The summed E-state index contributed by atoms with van der Waals surface area (Å²) in [6, 6.07) is 0.381. The average molecular weight is 263 g/mol. The van der Waals surface area contributed by atoms with Crippen molar-refractivity contribution >= 4 is 15.9 Å². The first-order chi connectivity index (χ1) is 7.88. The number of carbonyl (C=O) groups is 1. The minimum atomic E-state index is -3.09. The molecule has 0 aromatic carbocycles. The van der Waals surface area contributed by atoms with E-state index in [0.29, 0.717) is 19.1 Å². The van der Waals surface area contributed by atoms with Gasteiger partial charge in [0.25, 0.3) is 0 Å². The predicted molar refractivity (Wildman–Crippen MR) is 66.1 cm³/mol. The van der Waals surface area contributed by atoms with Crippen molar-refractivity contribution in [2.45, 2.75) is 25.8 Å². The SMILES string of the molecule is CC(=O)N1CCC(NCCNS(C)(=O)=O)CC1. The minimum absolute atomic E-state index is 0.127. The predicted octanol–water partition coefficient (Wildman–Crippen LogP) is -0.864. The fraction of sp³-hybridized carbons (Fsp3) is 0.900. The number of likely N-dealkylation sites (tertiary alicyclic amines) is 1. The van der Waals surface area contributed by atoms with Crippen LogP contribution in [0, 0.1) is 0 Å². The highest BCUT2D eigenvalue weighted by atomic mass is 32.2. The van der Waals surface area contributed by atoms with E-state index in [0.717, 1.165) is 32.2 Å². The third-order valence-corrected chi connectivity index (χ3v) is 3.59. The van der Waals surface area contributed by atoms with Crippen LogP contribution in [0.1, 0.15) is 19.8 Å². The molecule has 100 valence electrons. The molecule has 1 fully saturated rings. The van der Waals surface area contributed by atoms with Crippen LogP contribution >= 0.6 is 0 Å². The van der Waals surface area contributed by atoms with Gasteiger partial charge in [0.1, 0.15) is 0 Å². The normalized spacial score (nSPS) is 18.4. The zero-order valence-electron chi connectivity index (χ0n) is 10.4. The van der Waals surface area contributed by atoms with Crippen LogP contribution in [0.4, 0.5) is 0 Å². The maximum absolute atomic E-state index is 11.1. The Morgan fingerprint density at radius 1 is 1.29 bits per heavy atom. The summed E-state index contributed by atoms with van der Waals surface area (Å²) >= 11 is 0. The van der Waals surface area contributed by atoms with Crippen LogP contribution in [0.3, 0.4) is 0 Å². The highest BCUT2D eigenvalue weighted by Gasteiger charge is 2.19. The summed E-state index contributed by atoms with van der Waals surface area (Å²) in [7, 11) is -3.09. The van der Waals surface area contributed by atoms with Crippen LogP contribution in [0.25, 0.3) is 0 Å². The number of rotatable bonds is 5. The molecule has 17 heavy (non-hydrogen) atoms. The van der Waals surface area contributed by atoms with Crippen LogP contribution in [0.15, 0.2) is 0 Å². The Morgan fingerprint density at radius 2 is 1.88 bits per heavy atom. The van der Waals surface area contributed by atoms with Gasteiger partial charge in [-0.1, -0.05) is 0 Å². The highest BCUT2D eigenvalue weighted by molar-refractivity contribution is 7.88. The number of hydrogen-bond acceptors (Lipinski definition) is 4. The van der Waals surface area contributed by atoms with Crippen LogP contribution in [-0.2, 0) is 14.8 Å². The van der Waals surface area contributed by atoms with Crippen molar-refractivity contribution in [1.29, 1.82) is 0 Å². The van der Waals surface area contributed by atoms with E-state index in [2.05, 4.69) is 10.0 Å². The third kappa shape index (κ3) is 5.99. The smallest absolute Gasteiger partial charge is 0.219 e. The van der Waals surface area contributed by atoms with E-state index in [1.54, 1.807) is 6.92 Å². The van der Waals surface area contributed by atoms with E-state index in [1.807, 2.05) is 4.90 Å². The van der Waals surface area contributed by atoms with E-state index >= 15 is 0 Å². The van der Waals surface area contributed by atoms with E-state index in [9.17, 15) is 13.2 Å². The molecule has 1 heterocycles. The molecule has 0 spiro atoms. The third-order valence-electron chi connectivity index (χ3n) is 2.86. The van der Waals surface area contributed by atoms with Gasteiger partial charge >= 0.3 is 0 Å². The Hall–Kier alpha value is -0.660. The molecule has 1 rings (SSSR count). The lowest BCUT2D eigenvalue weighted by Gasteiger charge is -2.31. The lowest BCUT2D eigenvalue weighted by Crippen LogP contribution is -2.45. The molecule has 0 atom stereocenters. The number of sulfonamides is 1. The Balaban J connectivity index is 2.12. The lowest BCUT2D eigenvalue weighted by atomic mass is 10.1. The Kier molecular flexibility index (Phi) is 5.35. The number of piperidine rings is 1. The summed E-state index contributed by atoms with van der Waals surface area (Å²) in [6.45, 7) is 4.19. The standard InChI is InChI=1S/C10H21N3O3S/c1-9(14)13-7-3-10(4-8-13)11-5-6-12-17(2,15)16/h10-12H,3-8H2,1-2H3. The van der Waals surface area contributed by atoms with E-state index in [1.165, 1.54) is 0 Å². The number of amides is 1. The van der Waals surface area contributed by atoms with Gasteiger partial charge in [-0.2, -0.15) is 0 Å². The molecule has 1 saturated heterocycles. The molecule has 1 aliphatic heterocycles. The van der Waals surface area contributed by atoms with Crippen molar-refractivity contribution in [3.05, 3.63) is 0 Å². The van der Waals surface area contributed by atoms with Crippen LogP contribution in [0.5, 0.6) is 0 Å². The number of nitrogens with zero attached hydrogens (tertiary/aromatic N) is 1. The fourth-order valence-corrected chi connectivity index (χ4v) is 2.38. The van der Waals surface area contributed by atoms with Crippen molar-refractivity contribution in [3.8, 4) is 0 Å². The summed E-state index contributed by atoms with van der Waals surface area (Å²) in [5.74, 6) is 0.127. The average Bonchev–Trinajstić information content (AvgIpc) is 2.24. The fourth-order valence-electron chi connectivity index (χ4n) is 1.91. The van der Waals surface area contributed by atoms with Crippen LogP contribution in [0.2, 0.25) is 0 Å². The van der Waals surface area contributed by atoms with Crippen LogP contribution < -0.4 is 10.0 Å².